The highest BCUT2D eigenvalue weighted by molar-refractivity contribution is 5.39. The number of nitrogens with two attached hydrogens (primary N) is 1. The van der Waals surface area contributed by atoms with Crippen LogP contribution in [0.3, 0.4) is 0 Å². The molecule has 0 aliphatic rings. The molecule has 0 aliphatic heterocycles. The number of hydrogen-bond acceptors (Lipinski definition) is 1. The lowest BCUT2D eigenvalue weighted by molar-refractivity contribution is 0.646. The summed E-state index contributed by atoms with van der Waals surface area (Å²) in [5.41, 5.74) is 11.1. The lowest BCUT2D eigenvalue weighted by Gasteiger charge is -2.12. The van der Waals surface area contributed by atoms with Gasteiger partial charge in [0, 0.05) is 23.1 Å². The number of benzene rings is 1. The van der Waals surface area contributed by atoms with Crippen molar-refractivity contribution < 1.29 is 0 Å². The van der Waals surface area contributed by atoms with Crippen molar-refractivity contribution in [1.29, 1.82) is 0 Å². The summed E-state index contributed by atoms with van der Waals surface area (Å²) < 4.78 is 2.27. The lowest BCUT2D eigenvalue weighted by Crippen LogP contribution is -2.21. The molecule has 2 N–H and O–H groups in total. The average Bonchev–Trinajstić information content (AvgIpc) is 2.70. The number of aromatic nitrogens is 1. The van der Waals surface area contributed by atoms with Crippen molar-refractivity contribution in [2.45, 2.75) is 39.7 Å². The molecular formula is C16H22N2. The fourth-order valence-electron chi connectivity index (χ4n) is 2.30. The van der Waals surface area contributed by atoms with E-state index >= 15 is 0 Å². The Hall–Kier alpha value is -1.54. The van der Waals surface area contributed by atoms with Crippen LogP contribution in [0, 0.1) is 13.8 Å². The Morgan fingerprint density at radius 1 is 1.00 bits per heavy atom. The highest BCUT2D eigenvalue weighted by Crippen LogP contribution is 2.17. The number of nitrogens with zero attached hydrogens (tertiary/aromatic N) is 1. The van der Waals surface area contributed by atoms with E-state index in [1.54, 1.807) is 0 Å². The summed E-state index contributed by atoms with van der Waals surface area (Å²) in [5, 5.41) is 0. The molecule has 18 heavy (non-hydrogen) atoms. The van der Waals surface area contributed by atoms with Crippen LogP contribution in [0.4, 0.5) is 0 Å². The minimum absolute atomic E-state index is 0.269. The molecule has 0 radical (unpaired) electrons. The van der Waals surface area contributed by atoms with Crippen molar-refractivity contribution >= 4 is 0 Å². The van der Waals surface area contributed by atoms with Crippen LogP contribution in [0.2, 0.25) is 0 Å². The van der Waals surface area contributed by atoms with E-state index in [-0.39, 0.29) is 6.04 Å². The van der Waals surface area contributed by atoms with Gasteiger partial charge in [-0.25, -0.2) is 0 Å². The van der Waals surface area contributed by atoms with E-state index in [4.69, 9.17) is 5.73 Å². The van der Waals surface area contributed by atoms with E-state index in [0.29, 0.717) is 0 Å². The Morgan fingerprint density at radius 3 is 2.06 bits per heavy atom. The maximum Gasteiger partial charge on any atom is 0.0455 e. The predicted molar refractivity (Wildman–Crippen MR) is 77.2 cm³/mol. The van der Waals surface area contributed by atoms with Gasteiger partial charge in [0.05, 0.1) is 0 Å². The highest BCUT2D eigenvalue weighted by Gasteiger charge is 2.05. The van der Waals surface area contributed by atoms with Gasteiger partial charge in [-0.05, 0) is 56.5 Å². The standard InChI is InChI=1S/C16H22N2/c1-4-15(17)11-14-7-9-16(10-8-14)18-12(2)5-6-13(18)3/h5-10,15H,4,11,17H2,1-3H3. The molecule has 2 aromatic rings. The summed E-state index contributed by atoms with van der Waals surface area (Å²) in [6, 6.07) is 13.3. The minimum atomic E-state index is 0.269. The van der Waals surface area contributed by atoms with Crippen LogP contribution in [0.5, 0.6) is 0 Å². The summed E-state index contributed by atoms with van der Waals surface area (Å²) in [7, 11) is 0. The van der Waals surface area contributed by atoms with Gasteiger partial charge >= 0.3 is 0 Å². The molecule has 2 heteroatoms. The Labute approximate surface area is 109 Å². The molecule has 1 unspecified atom stereocenters. The van der Waals surface area contributed by atoms with Gasteiger partial charge in [-0.1, -0.05) is 19.1 Å². The molecule has 1 aromatic heterocycles. The van der Waals surface area contributed by atoms with Crippen LogP contribution in [-0.2, 0) is 6.42 Å². The van der Waals surface area contributed by atoms with Crippen molar-refractivity contribution in [3.05, 3.63) is 53.3 Å². The predicted octanol–water partition coefficient (Wildman–Crippen LogP) is 3.37. The van der Waals surface area contributed by atoms with Crippen LogP contribution >= 0.6 is 0 Å². The second-order valence-electron chi connectivity index (χ2n) is 4.99. The fraction of sp³-hybridized carbons (Fsp3) is 0.375. The topological polar surface area (TPSA) is 30.9 Å². The molecule has 0 saturated heterocycles. The van der Waals surface area contributed by atoms with E-state index in [0.717, 1.165) is 12.8 Å². The van der Waals surface area contributed by atoms with Gasteiger partial charge in [-0.2, -0.15) is 0 Å². The molecule has 2 rings (SSSR count). The molecule has 0 aliphatic carbocycles. The van der Waals surface area contributed by atoms with Crippen molar-refractivity contribution in [3.63, 3.8) is 0 Å². The van der Waals surface area contributed by atoms with Crippen LogP contribution in [0.15, 0.2) is 36.4 Å². The highest BCUT2D eigenvalue weighted by atomic mass is 15.0. The molecule has 0 fully saturated rings. The third-order valence-corrected chi connectivity index (χ3v) is 3.49. The van der Waals surface area contributed by atoms with Crippen molar-refractivity contribution in [2.75, 3.05) is 0 Å². The van der Waals surface area contributed by atoms with E-state index in [1.165, 1.54) is 22.6 Å². The first-order valence-corrected chi connectivity index (χ1v) is 6.61. The van der Waals surface area contributed by atoms with Gasteiger partial charge < -0.3 is 10.3 Å². The average molecular weight is 242 g/mol. The van der Waals surface area contributed by atoms with Crippen LogP contribution in [-0.4, -0.2) is 10.6 Å². The summed E-state index contributed by atoms with van der Waals surface area (Å²) >= 11 is 0. The summed E-state index contributed by atoms with van der Waals surface area (Å²) in [6.07, 6.45) is 1.98. The molecule has 1 aromatic carbocycles. The number of hydrogen-bond donors (Lipinski definition) is 1. The molecule has 96 valence electrons. The largest absolute Gasteiger partial charge is 0.327 e. The monoisotopic (exact) mass is 242 g/mol. The van der Waals surface area contributed by atoms with Gasteiger partial charge in [-0.3, -0.25) is 0 Å². The fourth-order valence-corrected chi connectivity index (χ4v) is 2.30. The second kappa shape index (κ2) is 5.40. The van der Waals surface area contributed by atoms with Gasteiger partial charge in [0.1, 0.15) is 0 Å². The first kappa shape index (κ1) is 12.9. The molecule has 0 amide bonds. The quantitative estimate of drug-likeness (QED) is 0.875. The van der Waals surface area contributed by atoms with Gasteiger partial charge in [0.2, 0.25) is 0 Å². The third kappa shape index (κ3) is 2.65. The molecular weight excluding hydrogens is 220 g/mol. The first-order valence-electron chi connectivity index (χ1n) is 6.61. The molecule has 0 saturated carbocycles. The maximum atomic E-state index is 5.98. The summed E-state index contributed by atoms with van der Waals surface area (Å²) in [6.45, 7) is 6.40. The Balaban J connectivity index is 2.23. The summed E-state index contributed by atoms with van der Waals surface area (Å²) in [5.74, 6) is 0. The minimum Gasteiger partial charge on any atom is -0.327 e. The normalized spacial score (nSPS) is 12.7. The smallest absolute Gasteiger partial charge is 0.0455 e. The first-order chi connectivity index (χ1) is 8.61. The Bertz CT molecular complexity index is 489. The lowest BCUT2D eigenvalue weighted by atomic mass is 10.0. The third-order valence-electron chi connectivity index (χ3n) is 3.49. The zero-order valence-electron chi connectivity index (χ0n) is 11.5. The van der Waals surface area contributed by atoms with Crippen LogP contribution in [0.25, 0.3) is 5.69 Å². The number of aryl methyl sites for hydroxylation is 2. The van der Waals surface area contributed by atoms with E-state index in [2.05, 4.69) is 61.7 Å². The van der Waals surface area contributed by atoms with Crippen molar-refractivity contribution in [1.82, 2.24) is 4.57 Å². The van der Waals surface area contributed by atoms with Crippen LogP contribution < -0.4 is 5.73 Å². The number of rotatable bonds is 4. The van der Waals surface area contributed by atoms with E-state index in [9.17, 15) is 0 Å². The van der Waals surface area contributed by atoms with E-state index in [1.807, 2.05) is 0 Å². The zero-order chi connectivity index (χ0) is 13.1. The van der Waals surface area contributed by atoms with E-state index < -0.39 is 0 Å². The molecule has 1 atom stereocenters. The van der Waals surface area contributed by atoms with Crippen LogP contribution in [0.1, 0.15) is 30.3 Å². The molecule has 1 heterocycles. The van der Waals surface area contributed by atoms with Gasteiger partial charge in [0.25, 0.3) is 0 Å². The SMILES string of the molecule is CCC(N)Cc1ccc(-n2c(C)ccc2C)cc1. The Morgan fingerprint density at radius 2 is 1.56 bits per heavy atom. The Kier molecular flexibility index (Phi) is 3.87. The molecule has 0 bridgehead atoms. The maximum absolute atomic E-state index is 5.98. The van der Waals surface area contributed by atoms with Crippen molar-refractivity contribution in [3.8, 4) is 5.69 Å². The molecule has 0 spiro atoms. The zero-order valence-corrected chi connectivity index (χ0v) is 11.5. The summed E-state index contributed by atoms with van der Waals surface area (Å²) in [4.78, 5) is 0. The van der Waals surface area contributed by atoms with Gasteiger partial charge in [-0.15, -0.1) is 0 Å². The molecule has 2 nitrogen and oxygen atoms in total. The van der Waals surface area contributed by atoms with Crippen molar-refractivity contribution in [2.24, 2.45) is 5.73 Å². The second-order valence-corrected chi connectivity index (χ2v) is 4.99. The van der Waals surface area contributed by atoms with Gasteiger partial charge in [0.15, 0.2) is 0 Å².